The molecule has 0 radical (unpaired) electrons. The zero-order chi connectivity index (χ0) is 17.8. The quantitative estimate of drug-likeness (QED) is 0.571. The number of hydrogen-bond donors (Lipinski definition) is 0. The molecular formula is C19H19N7. The third kappa shape index (κ3) is 2.47. The van der Waals surface area contributed by atoms with Gasteiger partial charge in [-0.2, -0.15) is 4.68 Å². The van der Waals surface area contributed by atoms with E-state index in [-0.39, 0.29) is 0 Å². The molecule has 5 rings (SSSR count). The van der Waals surface area contributed by atoms with Crippen LogP contribution in [0.1, 0.15) is 47.1 Å². The molecule has 1 aliphatic rings. The number of nitrogens with zero attached hydrogens (tertiary/aromatic N) is 7. The minimum absolute atomic E-state index is 0.380. The van der Waals surface area contributed by atoms with Crippen LogP contribution in [0.3, 0.4) is 0 Å². The van der Waals surface area contributed by atoms with E-state index in [2.05, 4.69) is 30.6 Å². The van der Waals surface area contributed by atoms with Crippen LogP contribution < -0.4 is 0 Å². The van der Waals surface area contributed by atoms with Crippen molar-refractivity contribution in [3.63, 3.8) is 0 Å². The van der Waals surface area contributed by atoms with Crippen LogP contribution in [-0.4, -0.2) is 34.1 Å². The molecule has 2 atom stereocenters. The Morgan fingerprint density at radius 1 is 0.923 bits per heavy atom. The fourth-order valence-electron chi connectivity index (χ4n) is 3.59. The number of rotatable bonds is 3. The summed E-state index contributed by atoms with van der Waals surface area (Å²) in [5.41, 5.74) is 3.18. The fourth-order valence-corrected chi connectivity index (χ4v) is 3.59. The molecule has 7 heteroatoms. The summed E-state index contributed by atoms with van der Waals surface area (Å²) < 4.78 is 3.86. The van der Waals surface area contributed by atoms with E-state index in [0.717, 1.165) is 46.7 Å². The predicted molar refractivity (Wildman–Crippen MR) is 96.5 cm³/mol. The van der Waals surface area contributed by atoms with E-state index in [9.17, 15) is 0 Å². The van der Waals surface area contributed by atoms with E-state index in [4.69, 9.17) is 4.98 Å². The van der Waals surface area contributed by atoms with Crippen molar-refractivity contribution in [1.29, 1.82) is 0 Å². The summed E-state index contributed by atoms with van der Waals surface area (Å²) in [5, 5.41) is 4.45. The molecule has 0 aliphatic heterocycles. The normalized spacial score (nSPS) is 19.2. The molecule has 4 aromatic rings. The Morgan fingerprint density at radius 2 is 1.77 bits per heavy atom. The number of pyridine rings is 1. The highest BCUT2D eigenvalue weighted by molar-refractivity contribution is 5.43. The zero-order valence-corrected chi connectivity index (χ0v) is 15.0. The number of aryl methyl sites for hydroxylation is 3. The largest absolute Gasteiger partial charge is 0.307 e. The van der Waals surface area contributed by atoms with Gasteiger partial charge in [-0.1, -0.05) is 6.07 Å². The van der Waals surface area contributed by atoms with E-state index < -0.39 is 0 Å². The first kappa shape index (κ1) is 15.2. The first-order valence-electron chi connectivity index (χ1n) is 8.78. The molecule has 1 aliphatic carbocycles. The van der Waals surface area contributed by atoms with Crippen LogP contribution in [0.2, 0.25) is 0 Å². The van der Waals surface area contributed by atoms with Crippen molar-refractivity contribution < 1.29 is 0 Å². The molecule has 0 spiro atoms. The van der Waals surface area contributed by atoms with Gasteiger partial charge in [-0.25, -0.2) is 19.9 Å². The van der Waals surface area contributed by atoms with Crippen molar-refractivity contribution in [3.05, 3.63) is 65.5 Å². The first-order chi connectivity index (χ1) is 12.6. The number of hydrogen-bond acceptors (Lipinski definition) is 5. The zero-order valence-electron chi connectivity index (χ0n) is 15.0. The van der Waals surface area contributed by atoms with E-state index in [1.165, 1.54) is 0 Å². The van der Waals surface area contributed by atoms with Crippen LogP contribution in [0.4, 0.5) is 0 Å². The standard InChI is InChI=1S/C19H19N7/c1-11-21-16(9-19(22-11)26-13(3)20-12(2)24-26)14-8-15(14)17-10-25-7-5-4-6-18(25)23-17/h4-7,9-10,14-15H,8H2,1-3H3/t14-,15?/m1/s1. The van der Waals surface area contributed by atoms with Gasteiger partial charge in [0.05, 0.1) is 11.4 Å². The summed E-state index contributed by atoms with van der Waals surface area (Å²) in [4.78, 5) is 18.4. The Morgan fingerprint density at radius 3 is 2.54 bits per heavy atom. The fraction of sp³-hybridized carbons (Fsp3) is 0.316. The van der Waals surface area contributed by atoms with Gasteiger partial charge in [-0.15, -0.1) is 5.10 Å². The monoisotopic (exact) mass is 345 g/mol. The minimum Gasteiger partial charge on any atom is -0.307 e. The highest BCUT2D eigenvalue weighted by Crippen LogP contribution is 2.53. The van der Waals surface area contributed by atoms with E-state index in [1.54, 1.807) is 4.68 Å². The average molecular weight is 345 g/mol. The summed E-state index contributed by atoms with van der Waals surface area (Å²) in [7, 11) is 0. The Kier molecular flexibility index (Phi) is 3.19. The molecule has 26 heavy (non-hydrogen) atoms. The summed E-state index contributed by atoms with van der Waals surface area (Å²) >= 11 is 0. The third-order valence-electron chi connectivity index (χ3n) is 4.87. The molecule has 0 bridgehead atoms. The van der Waals surface area contributed by atoms with Gasteiger partial charge in [0, 0.05) is 30.3 Å². The van der Waals surface area contributed by atoms with Crippen molar-refractivity contribution in [3.8, 4) is 5.82 Å². The van der Waals surface area contributed by atoms with Crippen LogP contribution >= 0.6 is 0 Å². The molecule has 0 amide bonds. The van der Waals surface area contributed by atoms with Gasteiger partial charge in [-0.05, 0) is 39.3 Å². The van der Waals surface area contributed by atoms with Gasteiger partial charge >= 0.3 is 0 Å². The molecule has 0 aromatic carbocycles. The second kappa shape index (κ2) is 5.45. The summed E-state index contributed by atoms with van der Waals surface area (Å²) in [6.07, 6.45) is 5.22. The lowest BCUT2D eigenvalue weighted by Crippen LogP contribution is -2.06. The smallest absolute Gasteiger partial charge is 0.159 e. The summed E-state index contributed by atoms with van der Waals surface area (Å²) in [5.74, 6) is 3.91. The lowest BCUT2D eigenvalue weighted by Gasteiger charge is -2.06. The van der Waals surface area contributed by atoms with E-state index in [1.807, 2.05) is 51.2 Å². The van der Waals surface area contributed by atoms with Gasteiger partial charge in [0.2, 0.25) is 0 Å². The maximum Gasteiger partial charge on any atom is 0.159 e. The van der Waals surface area contributed by atoms with Crippen LogP contribution in [-0.2, 0) is 0 Å². The maximum absolute atomic E-state index is 4.76. The predicted octanol–water partition coefficient (Wildman–Crippen LogP) is 2.90. The van der Waals surface area contributed by atoms with Gasteiger partial charge in [0.15, 0.2) is 5.82 Å². The SMILES string of the molecule is Cc1nc([C@@H]2CC2c2cn3ccccc3n2)cc(-n2nc(C)nc2C)n1. The van der Waals surface area contributed by atoms with Crippen molar-refractivity contribution >= 4 is 5.65 Å². The molecule has 7 nitrogen and oxygen atoms in total. The second-order valence-corrected chi connectivity index (χ2v) is 6.90. The number of fused-ring (bicyclic) bond motifs is 1. The van der Waals surface area contributed by atoms with E-state index in [0.29, 0.717) is 11.8 Å². The number of aromatic nitrogens is 7. The molecule has 130 valence electrons. The van der Waals surface area contributed by atoms with Gasteiger partial charge in [0.1, 0.15) is 23.1 Å². The van der Waals surface area contributed by atoms with Crippen LogP contribution in [0, 0.1) is 20.8 Å². The minimum atomic E-state index is 0.380. The first-order valence-corrected chi connectivity index (χ1v) is 8.78. The van der Waals surface area contributed by atoms with Crippen LogP contribution in [0.15, 0.2) is 36.7 Å². The third-order valence-corrected chi connectivity index (χ3v) is 4.87. The van der Waals surface area contributed by atoms with Crippen molar-refractivity contribution in [2.75, 3.05) is 0 Å². The van der Waals surface area contributed by atoms with Crippen molar-refractivity contribution in [2.24, 2.45) is 0 Å². The molecule has 0 N–H and O–H groups in total. The summed E-state index contributed by atoms with van der Waals surface area (Å²) in [6.45, 7) is 5.75. The Hall–Kier alpha value is -3.09. The topological polar surface area (TPSA) is 73.8 Å². The van der Waals surface area contributed by atoms with Gasteiger partial charge < -0.3 is 4.40 Å². The van der Waals surface area contributed by atoms with E-state index >= 15 is 0 Å². The van der Waals surface area contributed by atoms with Crippen molar-refractivity contribution in [2.45, 2.75) is 39.0 Å². The van der Waals surface area contributed by atoms with Crippen LogP contribution in [0.5, 0.6) is 0 Å². The highest BCUT2D eigenvalue weighted by atomic mass is 15.4. The molecule has 4 heterocycles. The summed E-state index contributed by atoms with van der Waals surface area (Å²) in [6, 6.07) is 8.10. The second-order valence-electron chi connectivity index (χ2n) is 6.90. The molecule has 1 unspecified atom stereocenters. The Balaban J connectivity index is 1.48. The van der Waals surface area contributed by atoms with Gasteiger partial charge in [-0.3, -0.25) is 0 Å². The number of imidazole rings is 1. The Bertz CT molecular complexity index is 1090. The van der Waals surface area contributed by atoms with Crippen LogP contribution in [0.25, 0.3) is 11.5 Å². The highest BCUT2D eigenvalue weighted by Gasteiger charge is 2.42. The molecular weight excluding hydrogens is 326 g/mol. The van der Waals surface area contributed by atoms with Gasteiger partial charge in [0.25, 0.3) is 0 Å². The lowest BCUT2D eigenvalue weighted by atomic mass is 10.2. The molecule has 0 saturated heterocycles. The molecule has 1 fully saturated rings. The molecule has 1 saturated carbocycles. The lowest BCUT2D eigenvalue weighted by molar-refractivity contribution is 0.778. The average Bonchev–Trinajstić information content (AvgIpc) is 3.18. The molecule has 4 aromatic heterocycles. The van der Waals surface area contributed by atoms with Crippen molar-refractivity contribution in [1.82, 2.24) is 34.1 Å². The Labute approximate surface area is 150 Å². The maximum atomic E-state index is 4.76.